The Kier molecular flexibility index (Phi) is 4.92. The van der Waals surface area contributed by atoms with Gasteiger partial charge in [0.2, 0.25) is 10.0 Å². The number of methoxy groups -OCH3 is 1. The van der Waals surface area contributed by atoms with E-state index in [2.05, 4.69) is 5.32 Å². The maximum atomic E-state index is 10.8. The molecule has 0 aliphatic carbocycles. The molecule has 1 aromatic carbocycles. The van der Waals surface area contributed by atoms with Gasteiger partial charge in [-0.2, -0.15) is 0 Å². The Morgan fingerprint density at radius 2 is 1.94 bits per heavy atom. The summed E-state index contributed by atoms with van der Waals surface area (Å²) in [5.41, 5.74) is 1.07. The Bertz CT molecular complexity index is 442. The third kappa shape index (κ3) is 5.16. The summed E-state index contributed by atoms with van der Waals surface area (Å²) in [6.07, 6.45) is 0. The van der Waals surface area contributed by atoms with E-state index in [-0.39, 0.29) is 11.8 Å². The molecule has 0 amide bonds. The maximum Gasteiger partial charge on any atom is 0.210 e. The van der Waals surface area contributed by atoms with Gasteiger partial charge in [0.25, 0.3) is 0 Å². The highest BCUT2D eigenvalue weighted by molar-refractivity contribution is 7.89. The number of nitrogens with one attached hydrogen (secondary N) is 1. The molecule has 0 saturated heterocycles. The van der Waals surface area contributed by atoms with E-state index in [9.17, 15) is 8.42 Å². The van der Waals surface area contributed by atoms with Crippen LogP contribution in [0.5, 0.6) is 5.75 Å². The van der Waals surface area contributed by atoms with Gasteiger partial charge in [0.05, 0.1) is 12.9 Å². The van der Waals surface area contributed by atoms with Crippen LogP contribution in [0.3, 0.4) is 0 Å². The monoisotopic (exact) mass is 258 g/mol. The minimum atomic E-state index is -3.40. The van der Waals surface area contributed by atoms with Crippen LogP contribution in [0, 0.1) is 0 Å². The van der Waals surface area contributed by atoms with Crippen molar-refractivity contribution in [3.8, 4) is 5.75 Å². The summed E-state index contributed by atoms with van der Waals surface area (Å²) in [7, 11) is -1.78. The van der Waals surface area contributed by atoms with E-state index >= 15 is 0 Å². The summed E-state index contributed by atoms with van der Waals surface area (Å²) in [4.78, 5) is 0. The second-order valence-electron chi connectivity index (χ2n) is 3.82. The van der Waals surface area contributed by atoms with E-state index in [1.54, 1.807) is 7.11 Å². The predicted molar refractivity (Wildman–Crippen MR) is 67.4 cm³/mol. The highest BCUT2D eigenvalue weighted by Gasteiger charge is 2.07. The van der Waals surface area contributed by atoms with Crippen LogP contribution >= 0.6 is 0 Å². The van der Waals surface area contributed by atoms with Crippen molar-refractivity contribution in [3.63, 3.8) is 0 Å². The van der Waals surface area contributed by atoms with Crippen molar-refractivity contribution in [2.24, 2.45) is 5.14 Å². The van der Waals surface area contributed by atoms with Crippen molar-refractivity contribution in [3.05, 3.63) is 29.8 Å². The second-order valence-corrected chi connectivity index (χ2v) is 5.55. The van der Waals surface area contributed by atoms with Gasteiger partial charge in [-0.25, -0.2) is 13.6 Å². The average molecular weight is 258 g/mol. The van der Waals surface area contributed by atoms with E-state index in [0.29, 0.717) is 6.54 Å². The Morgan fingerprint density at radius 1 is 1.35 bits per heavy atom. The normalized spacial score (nSPS) is 13.4. The zero-order valence-electron chi connectivity index (χ0n) is 10.0. The molecule has 0 unspecified atom stereocenters. The van der Waals surface area contributed by atoms with Gasteiger partial charge in [-0.1, -0.05) is 12.1 Å². The van der Waals surface area contributed by atoms with Crippen molar-refractivity contribution in [2.75, 3.05) is 19.4 Å². The van der Waals surface area contributed by atoms with Crippen molar-refractivity contribution in [1.29, 1.82) is 0 Å². The third-order valence-electron chi connectivity index (χ3n) is 2.45. The lowest BCUT2D eigenvalue weighted by molar-refractivity contribution is 0.414. The fourth-order valence-corrected chi connectivity index (χ4v) is 1.83. The lowest BCUT2D eigenvalue weighted by Gasteiger charge is -2.14. The Balaban J connectivity index is 2.49. The first-order chi connectivity index (χ1) is 7.92. The molecule has 1 rings (SSSR count). The Labute approximate surface area is 102 Å². The van der Waals surface area contributed by atoms with E-state index in [0.717, 1.165) is 11.3 Å². The zero-order chi connectivity index (χ0) is 12.9. The van der Waals surface area contributed by atoms with Gasteiger partial charge in [-0.3, -0.25) is 0 Å². The summed E-state index contributed by atoms with van der Waals surface area (Å²) >= 11 is 0. The zero-order valence-corrected chi connectivity index (χ0v) is 10.8. The number of rotatable bonds is 6. The summed E-state index contributed by atoms with van der Waals surface area (Å²) in [5.74, 6) is 0.735. The molecule has 0 aliphatic rings. The molecule has 0 aromatic heterocycles. The number of hydrogen-bond donors (Lipinski definition) is 2. The van der Waals surface area contributed by atoms with Gasteiger partial charge in [0, 0.05) is 12.6 Å². The lowest BCUT2D eigenvalue weighted by Crippen LogP contribution is -2.28. The van der Waals surface area contributed by atoms with Gasteiger partial charge >= 0.3 is 0 Å². The number of ether oxygens (including phenoxy) is 1. The minimum absolute atomic E-state index is 0.0620. The minimum Gasteiger partial charge on any atom is -0.497 e. The first kappa shape index (κ1) is 14.0. The van der Waals surface area contributed by atoms with Crippen molar-refractivity contribution in [1.82, 2.24) is 5.32 Å². The molecule has 3 N–H and O–H groups in total. The molecular weight excluding hydrogens is 240 g/mol. The molecule has 0 fully saturated rings. The highest BCUT2D eigenvalue weighted by atomic mass is 32.2. The SMILES string of the molecule is COc1ccc([C@H](C)NCCS(N)(=O)=O)cc1. The molecule has 0 heterocycles. The summed E-state index contributed by atoms with van der Waals surface area (Å²) in [5, 5.41) is 8.01. The molecule has 1 aromatic rings. The number of sulfonamides is 1. The molecule has 0 aliphatic heterocycles. The molecule has 1 atom stereocenters. The van der Waals surface area contributed by atoms with Crippen LogP contribution in [0.15, 0.2) is 24.3 Å². The van der Waals surface area contributed by atoms with E-state index < -0.39 is 10.0 Å². The number of nitrogens with two attached hydrogens (primary N) is 1. The average Bonchev–Trinajstić information content (AvgIpc) is 2.27. The fraction of sp³-hybridized carbons (Fsp3) is 0.455. The summed E-state index contributed by atoms with van der Waals surface area (Å²) in [6.45, 7) is 2.30. The molecule has 0 radical (unpaired) electrons. The Hall–Kier alpha value is -1.11. The summed E-state index contributed by atoms with van der Waals surface area (Å²) < 4.78 is 26.6. The van der Waals surface area contributed by atoms with Gasteiger partial charge in [0.15, 0.2) is 0 Å². The van der Waals surface area contributed by atoms with Gasteiger partial charge in [-0.05, 0) is 24.6 Å². The molecular formula is C11H18N2O3S. The van der Waals surface area contributed by atoms with Gasteiger partial charge in [0.1, 0.15) is 5.75 Å². The molecule has 96 valence electrons. The second kappa shape index (κ2) is 6.00. The van der Waals surface area contributed by atoms with Crippen molar-refractivity contribution < 1.29 is 13.2 Å². The topological polar surface area (TPSA) is 81.4 Å². The predicted octanol–water partition coefficient (Wildman–Crippen LogP) is 0.634. The number of primary sulfonamides is 1. The third-order valence-corrected chi connectivity index (χ3v) is 3.23. The van der Waals surface area contributed by atoms with Crippen LogP contribution in [0.25, 0.3) is 0 Å². The first-order valence-corrected chi connectivity index (χ1v) is 7.02. The first-order valence-electron chi connectivity index (χ1n) is 5.30. The van der Waals surface area contributed by atoms with E-state index in [1.807, 2.05) is 31.2 Å². The van der Waals surface area contributed by atoms with E-state index in [4.69, 9.17) is 9.88 Å². The van der Waals surface area contributed by atoms with Crippen LogP contribution < -0.4 is 15.2 Å². The number of hydrogen-bond acceptors (Lipinski definition) is 4. The van der Waals surface area contributed by atoms with Crippen LogP contribution in [0.1, 0.15) is 18.5 Å². The van der Waals surface area contributed by atoms with Crippen LogP contribution in [0.2, 0.25) is 0 Å². The molecule has 0 bridgehead atoms. The fourth-order valence-electron chi connectivity index (χ4n) is 1.43. The Morgan fingerprint density at radius 3 is 2.41 bits per heavy atom. The quantitative estimate of drug-likeness (QED) is 0.784. The molecule has 0 saturated carbocycles. The van der Waals surface area contributed by atoms with E-state index in [1.165, 1.54) is 0 Å². The largest absolute Gasteiger partial charge is 0.497 e. The molecule has 5 nitrogen and oxygen atoms in total. The summed E-state index contributed by atoms with van der Waals surface area (Å²) in [6, 6.07) is 7.68. The maximum absolute atomic E-state index is 10.8. The van der Waals surface area contributed by atoms with Crippen LogP contribution in [-0.4, -0.2) is 27.8 Å². The van der Waals surface area contributed by atoms with Crippen molar-refractivity contribution in [2.45, 2.75) is 13.0 Å². The smallest absolute Gasteiger partial charge is 0.210 e. The highest BCUT2D eigenvalue weighted by Crippen LogP contribution is 2.16. The van der Waals surface area contributed by atoms with Crippen LogP contribution in [0.4, 0.5) is 0 Å². The van der Waals surface area contributed by atoms with Crippen LogP contribution in [-0.2, 0) is 10.0 Å². The molecule has 17 heavy (non-hydrogen) atoms. The standard InChI is InChI=1S/C11H18N2O3S/c1-9(13-7-8-17(12,14)15)10-3-5-11(16-2)6-4-10/h3-6,9,13H,7-8H2,1-2H3,(H2,12,14,15)/t9-/m0/s1. The number of benzene rings is 1. The molecule has 6 heteroatoms. The molecule has 0 spiro atoms. The van der Waals surface area contributed by atoms with Gasteiger partial charge in [-0.15, -0.1) is 0 Å². The lowest BCUT2D eigenvalue weighted by atomic mass is 10.1. The van der Waals surface area contributed by atoms with Gasteiger partial charge < -0.3 is 10.1 Å². The van der Waals surface area contributed by atoms with Crippen molar-refractivity contribution >= 4 is 10.0 Å².